The van der Waals surface area contributed by atoms with Crippen LogP contribution < -0.4 is 5.32 Å². The van der Waals surface area contributed by atoms with Gasteiger partial charge in [-0.05, 0) is 44.0 Å². The van der Waals surface area contributed by atoms with Crippen LogP contribution in [0.25, 0.3) is 0 Å². The van der Waals surface area contributed by atoms with Crippen molar-refractivity contribution in [1.29, 1.82) is 0 Å². The van der Waals surface area contributed by atoms with E-state index in [1.165, 1.54) is 24.3 Å². The van der Waals surface area contributed by atoms with E-state index in [9.17, 15) is 24.5 Å². The number of esters is 2. The second-order valence-electron chi connectivity index (χ2n) is 7.78. The zero-order chi connectivity index (χ0) is 24.4. The van der Waals surface area contributed by atoms with Crippen LogP contribution in [0.1, 0.15) is 31.9 Å². The first-order chi connectivity index (χ1) is 15.5. The van der Waals surface area contributed by atoms with Crippen LogP contribution >= 0.6 is 0 Å². The average Bonchev–Trinajstić information content (AvgIpc) is 2.75. The van der Waals surface area contributed by atoms with Gasteiger partial charge in [-0.3, -0.25) is 15.4 Å². The maximum absolute atomic E-state index is 12.5. The standard InChI is InChI=1S/C23H24N2O8/c1-23(2,3)33-22(28)24-19(21(27)32-15-16-7-5-4-6-8-16)13-20(26)31-14-17-9-11-18(12-10-17)25(29)30/h4-13H,14-15H2,1-3H3,(H,24,28)/b19-13-. The summed E-state index contributed by atoms with van der Waals surface area (Å²) in [6.45, 7) is 4.64. The van der Waals surface area contributed by atoms with Gasteiger partial charge in [0, 0.05) is 12.1 Å². The molecule has 0 unspecified atom stereocenters. The quantitative estimate of drug-likeness (QED) is 0.208. The summed E-state index contributed by atoms with van der Waals surface area (Å²) in [4.78, 5) is 47.0. The number of nitro groups is 1. The van der Waals surface area contributed by atoms with E-state index in [-0.39, 0.29) is 18.9 Å². The van der Waals surface area contributed by atoms with Crippen molar-refractivity contribution in [3.8, 4) is 0 Å². The van der Waals surface area contributed by atoms with Crippen molar-refractivity contribution in [2.24, 2.45) is 0 Å². The van der Waals surface area contributed by atoms with E-state index in [2.05, 4.69) is 5.32 Å². The summed E-state index contributed by atoms with van der Waals surface area (Å²) in [7, 11) is 0. The molecular weight excluding hydrogens is 432 g/mol. The first-order valence-electron chi connectivity index (χ1n) is 9.86. The molecule has 2 rings (SSSR count). The third-order valence-electron chi connectivity index (χ3n) is 3.86. The monoisotopic (exact) mass is 456 g/mol. The van der Waals surface area contributed by atoms with Crippen LogP contribution in [0.15, 0.2) is 66.4 Å². The van der Waals surface area contributed by atoms with Crippen molar-refractivity contribution >= 4 is 23.7 Å². The number of benzene rings is 2. The van der Waals surface area contributed by atoms with Gasteiger partial charge >= 0.3 is 18.0 Å². The first kappa shape index (κ1) is 25.1. The van der Waals surface area contributed by atoms with Crippen LogP contribution in [0, 0.1) is 10.1 Å². The fourth-order valence-corrected chi connectivity index (χ4v) is 2.39. The lowest BCUT2D eigenvalue weighted by Gasteiger charge is -2.20. The zero-order valence-corrected chi connectivity index (χ0v) is 18.4. The third kappa shape index (κ3) is 9.21. The minimum atomic E-state index is -0.961. The minimum Gasteiger partial charge on any atom is -0.458 e. The molecule has 0 saturated carbocycles. The molecule has 2 aromatic carbocycles. The molecule has 0 aliphatic heterocycles. The van der Waals surface area contributed by atoms with Gasteiger partial charge in [0.1, 0.15) is 24.5 Å². The summed E-state index contributed by atoms with van der Waals surface area (Å²) >= 11 is 0. The van der Waals surface area contributed by atoms with Gasteiger partial charge in [0.15, 0.2) is 0 Å². The van der Waals surface area contributed by atoms with Gasteiger partial charge in [-0.15, -0.1) is 0 Å². The summed E-state index contributed by atoms with van der Waals surface area (Å²) in [5.74, 6) is -1.90. The smallest absolute Gasteiger partial charge is 0.412 e. The maximum Gasteiger partial charge on any atom is 0.412 e. The van der Waals surface area contributed by atoms with Crippen molar-refractivity contribution in [2.45, 2.75) is 39.6 Å². The molecule has 0 spiro atoms. The molecule has 0 radical (unpaired) electrons. The van der Waals surface area contributed by atoms with E-state index >= 15 is 0 Å². The molecule has 0 aliphatic carbocycles. The molecule has 10 nitrogen and oxygen atoms in total. The Kier molecular flexibility index (Phi) is 8.67. The SMILES string of the molecule is CC(C)(C)OC(=O)N/C(=C\C(=O)OCc1ccc([N+](=O)[O-])cc1)C(=O)OCc1ccccc1. The molecule has 10 heteroatoms. The van der Waals surface area contributed by atoms with Crippen LogP contribution in [-0.2, 0) is 37.0 Å². The number of hydrogen-bond acceptors (Lipinski definition) is 8. The molecule has 0 aliphatic rings. The molecule has 33 heavy (non-hydrogen) atoms. The Morgan fingerprint density at radius 2 is 1.52 bits per heavy atom. The van der Waals surface area contributed by atoms with Crippen LogP contribution in [0.3, 0.4) is 0 Å². The van der Waals surface area contributed by atoms with E-state index < -0.39 is 34.3 Å². The number of alkyl carbamates (subject to hydrolysis) is 1. The van der Waals surface area contributed by atoms with Crippen LogP contribution in [-0.4, -0.2) is 28.6 Å². The van der Waals surface area contributed by atoms with Crippen molar-refractivity contribution in [3.05, 3.63) is 87.6 Å². The van der Waals surface area contributed by atoms with E-state index in [0.717, 1.165) is 6.08 Å². The van der Waals surface area contributed by atoms with E-state index in [1.54, 1.807) is 45.0 Å². The van der Waals surface area contributed by atoms with Crippen LogP contribution in [0.5, 0.6) is 0 Å². The summed E-state index contributed by atoms with van der Waals surface area (Å²) in [6.07, 6.45) is -0.170. The number of carbonyl (C=O) groups is 3. The Labute approximate surface area is 190 Å². The van der Waals surface area contributed by atoms with Gasteiger partial charge in [0.2, 0.25) is 0 Å². The summed E-state index contributed by atoms with van der Waals surface area (Å²) in [5, 5.41) is 12.9. The third-order valence-corrected chi connectivity index (χ3v) is 3.86. The number of amides is 1. The number of nitrogens with zero attached hydrogens (tertiary/aromatic N) is 1. The fraction of sp³-hybridized carbons (Fsp3) is 0.261. The Morgan fingerprint density at radius 3 is 2.09 bits per heavy atom. The summed E-state index contributed by atoms with van der Waals surface area (Å²) in [5.41, 5.74) is -0.192. The molecule has 0 bridgehead atoms. The molecule has 1 N–H and O–H groups in total. The Bertz CT molecular complexity index is 1020. The molecule has 0 heterocycles. The topological polar surface area (TPSA) is 134 Å². The van der Waals surface area contributed by atoms with Gasteiger partial charge in [-0.25, -0.2) is 14.4 Å². The Balaban J connectivity index is 2.07. The highest BCUT2D eigenvalue weighted by Crippen LogP contribution is 2.13. The second kappa shape index (κ2) is 11.4. The van der Waals surface area contributed by atoms with E-state index in [4.69, 9.17) is 14.2 Å². The lowest BCUT2D eigenvalue weighted by Crippen LogP contribution is -2.35. The lowest BCUT2D eigenvalue weighted by atomic mass is 10.2. The number of hydrogen-bond donors (Lipinski definition) is 1. The van der Waals surface area contributed by atoms with Crippen molar-refractivity contribution in [1.82, 2.24) is 5.32 Å². The summed E-state index contributed by atoms with van der Waals surface area (Å²) < 4.78 is 15.4. The Morgan fingerprint density at radius 1 is 0.939 bits per heavy atom. The van der Waals surface area contributed by atoms with Gasteiger partial charge in [-0.2, -0.15) is 0 Å². The van der Waals surface area contributed by atoms with Crippen LogP contribution in [0.2, 0.25) is 0 Å². The van der Waals surface area contributed by atoms with E-state index in [1.807, 2.05) is 6.07 Å². The normalized spacial score (nSPS) is 11.3. The molecule has 174 valence electrons. The number of carbonyl (C=O) groups excluding carboxylic acids is 3. The first-order valence-corrected chi connectivity index (χ1v) is 9.86. The van der Waals surface area contributed by atoms with Gasteiger partial charge in [0.25, 0.3) is 5.69 Å². The van der Waals surface area contributed by atoms with Crippen molar-refractivity contribution < 1.29 is 33.5 Å². The predicted molar refractivity (Wildman–Crippen MR) is 117 cm³/mol. The van der Waals surface area contributed by atoms with Gasteiger partial charge in [0.05, 0.1) is 11.0 Å². The Hall–Kier alpha value is -4.21. The molecule has 0 aromatic heterocycles. The molecule has 0 saturated heterocycles. The highest BCUT2D eigenvalue weighted by atomic mass is 16.6. The average molecular weight is 456 g/mol. The minimum absolute atomic E-state index is 0.0785. The molecule has 2 aromatic rings. The van der Waals surface area contributed by atoms with E-state index in [0.29, 0.717) is 11.1 Å². The summed E-state index contributed by atoms with van der Waals surface area (Å²) in [6, 6.07) is 14.3. The zero-order valence-electron chi connectivity index (χ0n) is 18.4. The highest BCUT2D eigenvalue weighted by Gasteiger charge is 2.22. The van der Waals surface area contributed by atoms with Gasteiger partial charge < -0.3 is 14.2 Å². The number of non-ortho nitro benzene ring substituents is 1. The maximum atomic E-state index is 12.5. The lowest BCUT2D eigenvalue weighted by molar-refractivity contribution is -0.384. The van der Waals surface area contributed by atoms with Crippen LogP contribution in [0.4, 0.5) is 10.5 Å². The fourth-order valence-electron chi connectivity index (χ4n) is 2.39. The van der Waals surface area contributed by atoms with Gasteiger partial charge in [-0.1, -0.05) is 30.3 Å². The predicted octanol–water partition coefficient (Wildman–Crippen LogP) is 3.79. The van der Waals surface area contributed by atoms with Crippen molar-refractivity contribution in [3.63, 3.8) is 0 Å². The number of ether oxygens (including phenoxy) is 3. The number of nitro benzene ring substituents is 1. The molecular formula is C23H24N2O8. The number of rotatable bonds is 8. The second-order valence-corrected chi connectivity index (χ2v) is 7.78. The molecule has 0 atom stereocenters. The number of nitrogens with one attached hydrogen (secondary N) is 1. The highest BCUT2D eigenvalue weighted by molar-refractivity contribution is 5.98. The molecule has 0 fully saturated rings. The largest absolute Gasteiger partial charge is 0.458 e. The molecule has 1 amide bonds. The van der Waals surface area contributed by atoms with Crippen molar-refractivity contribution in [2.75, 3.05) is 0 Å².